The van der Waals surface area contributed by atoms with Gasteiger partial charge in [0, 0.05) is 17.7 Å². The van der Waals surface area contributed by atoms with Crippen molar-refractivity contribution in [1.82, 2.24) is 0 Å². The highest BCUT2D eigenvalue weighted by molar-refractivity contribution is 6.18. The topological polar surface area (TPSA) is 83.6 Å². The van der Waals surface area contributed by atoms with Crippen LogP contribution in [0.4, 0.5) is 10.1 Å². The molecule has 2 unspecified atom stereocenters. The second kappa shape index (κ2) is 5.20. The van der Waals surface area contributed by atoms with Gasteiger partial charge in [-0.25, -0.2) is 4.39 Å². The average molecular weight is 250 g/mol. The largest absolute Gasteiger partial charge is 0.389 e. The molecule has 7 heteroatoms. The van der Waals surface area contributed by atoms with Crippen molar-refractivity contribution < 1.29 is 19.5 Å². The van der Waals surface area contributed by atoms with Crippen molar-refractivity contribution in [3.63, 3.8) is 0 Å². The van der Waals surface area contributed by atoms with E-state index in [1.165, 1.54) is 0 Å². The maximum Gasteiger partial charge on any atom is 0.270 e. The van der Waals surface area contributed by atoms with E-state index in [0.717, 1.165) is 18.2 Å². The molecule has 16 heavy (non-hydrogen) atoms. The second-order valence-corrected chi connectivity index (χ2v) is 3.44. The minimum atomic E-state index is -1.59. The van der Waals surface area contributed by atoms with Crippen molar-refractivity contribution in [3.8, 4) is 0 Å². The Morgan fingerprint density at radius 2 is 2.12 bits per heavy atom. The van der Waals surface area contributed by atoms with Crippen LogP contribution in [-0.2, 0) is 0 Å². The first-order valence-corrected chi connectivity index (χ1v) is 4.86. The summed E-state index contributed by atoms with van der Waals surface area (Å²) < 4.78 is 13.2. The Morgan fingerprint density at radius 1 is 1.50 bits per heavy atom. The molecule has 0 spiro atoms. The second-order valence-electron chi connectivity index (χ2n) is 3.13. The zero-order valence-corrected chi connectivity index (χ0v) is 8.76. The average Bonchev–Trinajstić information content (AvgIpc) is 2.27. The van der Waals surface area contributed by atoms with Gasteiger partial charge in [-0.3, -0.25) is 10.1 Å². The van der Waals surface area contributed by atoms with Gasteiger partial charge in [0.25, 0.3) is 5.69 Å². The fraction of sp³-hybridized carbons (Fsp3) is 0.333. The molecule has 2 N–H and O–H groups in total. The number of nitro groups is 1. The summed E-state index contributed by atoms with van der Waals surface area (Å²) in [5.41, 5.74) is -0.709. The highest BCUT2D eigenvalue weighted by Crippen LogP contribution is 2.25. The van der Waals surface area contributed by atoms with Crippen molar-refractivity contribution in [3.05, 3.63) is 39.7 Å². The fourth-order valence-corrected chi connectivity index (χ4v) is 1.33. The Labute approximate surface area is 95.2 Å². The molecule has 88 valence electrons. The first-order valence-electron chi connectivity index (χ1n) is 4.33. The molecule has 0 saturated heterocycles. The zero-order chi connectivity index (χ0) is 12.3. The molecule has 2 atom stereocenters. The molecule has 1 aromatic carbocycles. The Kier molecular flexibility index (Phi) is 4.17. The third kappa shape index (κ3) is 2.66. The van der Waals surface area contributed by atoms with Crippen LogP contribution in [0, 0.1) is 15.9 Å². The highest BCUT2D eigenvalue weighted by atomic mass is 35.5. The number of rotatable bonds is 4. The van der Waals surface area contributed by atoms with Gasteiger partial charge in [0.15, 0.2) is 0 Å². The molecule has 0 aliphatic heterocycles. The standard InChI is InChI=1S/C9H9ClFNO4/c10-4-8(13)9(14)6-3-5(12(15)16)1-2-7(6)11/h1-3,8-9,13-14H,4H2. The molecular weight excluding hydrogens is 241 g/mol. The summed E-state index contributed by atoms with van der Waals surface area (Å²) in [5.74, 6) is -1.13. The first-order chi connectivity index (χ1) is 7.47. The molecule has 0 amide bonds. The van der Waals surface area contributed by atoms with Crippen LogP contribution in [-0.4, -0.2) is 27.1 Å². The van der Waals surface area contributed by atoms with Crippen LogP contribution in [0.25, 0.3) is 0 Å². The lowest BCUT2D eigenvalue weighted by Crippen LogP contribution is -2.20. The van der Waals surface area contributed by atoms with Crippen LogP contribution >= 0.6 is 11.6 Å². The van der Waals surface area contributed by atoms with Crippen LogP contribution in [0.1, 0.15) is 11.7 Å². The number of nitrogens with zero attached hydrogens (tertiary/aromatic N) is 1. The molecule has 0 aromatic heterocycles. The molecule has 0 heterocycles. The molecular formula is C9H9ClFNO4. The Balaban J connectivity index is 3.11. The number of nitro benzene ring substituents is 1. The summed E-state index contributed by atoms with van der Waals surface area (Å²) in [6.07, 6.45) is -2.96. The molecule has 0 bridgehead atoms. The number of hydrogen-bond donors (Lipinski definition) is 2. The lowest BCUT2D eigenvalue weighted by molar-refractivity contribution is -0.385. The number of halogens is 2. The quantitative estimate of drug-likeness (QED) is 0.480. The van der Waals surface area contributed by atoms with E-state index in [1.54, 1.807) is 0 Å². The summed E-state index contributed by atoms with van der Waals surface area (Å²) in [7, 11) is 0. The van der Waals surface area contributed by atoms with Gasteiger partial charge in [0.2, 0.25) is 0 Å². The van der Waals surface area contributed by atoms with Crippen molar-refractivity contribution in [2.75, 3.05) is 5.88 Å². The number of aliphatic hydroxyl groups excluding tert-OH is 2. The maximum atomic E-state index is 13.2. The maximum absolute atomic E-state index is 13.2. The van der Waals surface area contributed by atoms with Crippen LogP contribution in [0.15, 0.2) is 18.2 Å². The number of benzene rings is 1. The van der Waals surface area contributed by atoms with Crippen LogP contribution in [0.2, 0.25) is 0 Å². The van der Waals surface area contributed by atoms with E-state index in [0.29, 0.717) is 0 Å². The third-order valence-electron chi connectivity index (χ3n) is 2.03. The number of alkyl halides is 1. The predicted molar refractivity (Wildman–Crippen MR) is 54.7 cm³/mol. The molecule has 5 nitrogen and oxygen atoms in total. The third-order valence-corrected chi connectivity index (χ3v) is 2.35. The van der Waals surface area contributed by atoms with Gasteiger partial charge in [-0.2, -0.15) is 0 Å². The van der Waals surface area contributed by atoms with Gasteiger partial charge in [-0.1, -0.05) is 0 Å². The lowest BCUT2D eigenvalue weighted by Gasteiger charge is -2.15. The summed E-state index contributed by atoms with van der Waals surface area (Å²) in [6.45, 7) is 0. The van der Waals surface area contributed by atoms with Gasteiger partial charge < -0.3 is 10.2 Å². The molecule has 0 radical (unpaired) electrons. The van der Waals surface area contributed by atoms with Gasteiger partial charge in [-0.15, -0.1) is 11.6 Å². The van der Waals surface area contributed by atoms with Crippen LogP contribution in [0.5, 0.6) is 0 Å². The van der Waals surface area contributed by atoms with Crippen LogP contribution in [0.3, 0.4) is 0 Å². The first kappa shape index (κ1) is 12.8. The van der Waals surface area contributed by atoms with E-state index < -0.39 is 22.9 Å². The minimum Gasteiger partial charge on any atom is -0.389 e. The smallest absolute Gasteiger partial charge is 0.270 e. The van der Waals surface area contributed by atoms with Gasteiger partial charge in [-0.05, 0) is 6.07 Å². The van der Waals surface area contributed by atoms with Gasteiger partial charge in [0.1, 0.15) is 11.9 Å². The SMILES string of the molecule is O=[N+]([O-])c1ccc(F)c(C(O)C(O)CCl)c1. The highest BCUT2D eigenvalue weighted by Gasteiger charge is 2.23. The molecule has 0 aliphatic rings. The number of hydrogen-bond acceptors (Lipinski definition) is 4. The van der Waals surface area contributed by atoms with Crippen molar-refractivity contribution in [1.29, 1.82) is 0 Å². The summed E-state index contributed by atoms with van der Waals surface area (Å²) in [6, 6.07) is 2.70. The molecule has 1 rings (SSSR count). The summed E-state index contributed by atoms with van der Waals surface area (Å²) >= 11 is 5.29. The monoisotopic (exact) mass is 249 g/mol. The van der Waals surface area contributed by atoms with E-state index in [-0.39, 0.29) is 17.1 Å². The Bertz CT molecular complexity index is 401. The Hall–Kier alpha value is -1.24. The van der Waals surface area contributed by atoms with Crippen molar-refractivity contribution >= 4 is 17.3 Å². The minimum absolute atomic E-state index is 0.302. The van der Waals surface area contributed by atoms with E-state index in [4.69, 9.17) is 11.6 Å². The fourth-order valence-electron chi connectivity index (χ4n) is 1.16. The number of non-ortho nitro benzene ring substituents is 1. The van der Waals surface area contributed by atoms with E-state index in [1.807, 2.05) is 0 Å². The van der Waals surface area contributed by atoms with Crippen LogP contribution < -0.4 is 0 Å². The predicted octanol–water partition coefficient (Wildman–Crippen LogP) is 1.37. The number of aliphatic hydroxyl groups is 2. The molecule has 1 aromatic rings. The van der Waals surface area contributed by atoms with E-state index in [2.05, 4.69) is 0 Å². The van der Waals surface area contributed by atoms with Crippen molar-refractivity contribution in [2.24, 2.45) is 0 Å². The molecule has 0 aliphatic carbocycles. The molecule has 0 fully saturated rings. The van der Waals surface area contributed by atoms with E-state index >= 15 is 0 Å². The van der Waals surface area contributed by atoms with Gasteiger partial charge >= 0.3 is 0 Å². The summed E-state index contributed by atoms with van der Waals surface area (Å²) in [5, 5.41) is 29.1. The summed E-state index contributed by atoms with van der Waals surface area (Å²) in [4.78, 5) is 9.72. The lowest BCUT2D eigenvalue weighted by atomic mass is 10.0. The van der Waals surface area contributed by atoms with E-state index in [9.17, 15) is 24.7 Å². The van der Waals surface area contributed by atoms with Gasteiger partial charge in [0.05, 0.1) is 16.9 Å². The van der Waals surface area contributed by atoms with Crippen molar-refractivity contribution in [2.45, 2.75) is 12.2 Å². The molecule has 0 saturated carbocycles. The zero-order valence-electron chi connectivity index (χ0n) is 8.01. The Morgan fingerprint density at radius 3 is 2.62 bits per heavy atom. The normalized spacial score (nSPS) is 14.5.